The lowest BCUT2D eigenvalue weighted by Gasteiger charge is -2.23. The van der Waals surface area contributed by atoms with E-state index in [2.05, 4.69) is 0 Å². The molecule has 0 aliphatic heterocycles. The molecule has 41 heavy (non-hydrogen) atoms. The molecule has 0 radical (unpaired) electrons. The highest BCUT2D eigenvalue weighted by molar-refractivity contribution is 6.63. The smallest absolute Gasteiger partial charge is 0.522 e. The Hall–Kier alpha value is -4.37. The minimum absolute atomic E-state index is 0.256. The van der Waals surface area contributed by atoms with Gasteiger partial charge in [0.05, 0.1) is 11.0 Å². The van der Waals surface area contributed by atoms with Crippen LogP contribution < -0.4 is 14.8 Å². The van der Waals surface area contributed by atoms with Gasteiger partial charge in [0.25, 0.3) is 0 Å². The summed E-state index contributed by atoms with van der Waals surface area (Å²) in [6.07, 6.45) is 0. The van der Waals surface area contributed by atoms with E-state index in [1.807, 2.05) is 0 Å². The molecule has 212 valence electrons. The first-order valence-electron chi connectivity index (χ1n) is 10.9. The Balaban J connectivity index is 1.82. The minimum Gasteiger partial charge on any atom is -0.522 e. The van der Waals surface area contributed by atoms with E-state index in [4.69, 9.17) is 9.31 Å². The molecule has 4 aromatic carbocycles. The Morgan fingerprint density at radius 3 is 1.34 bits per heavy atom. The molecule has 0 unspecified atom stereocenters. The van der Waals surface area contributed by atoms with Crippen molar-refractivity contribution >= 4 is 12.6 Å². The van der Waals surface area contributed by atoms with E-state index in [1.165, 1.54) is 0 Å². The molecule has 2 nitrogen and oxygen atoms in total. The highest BCUT2D eigenvalue weighted by Gasteiger charge is 2.57. The average Bonchev–Trinajstić information content (AvgIpc) is 3.16. The van der Waals surface area contributed by atoms with E-state index < -0.39 is 116 Å². The van der Waals surface area contributed by atoms with E-state index in [0.29, 0.717) is 24.3 Å². The lowest BCUT2D eigenvalue weighted by molar-refractivity contribution is 0.0433. The van der Waals surface area contributed by atoms with Gasteiger partial charge < -0.3 is 9.31 Å². The molecule has 0 fully saturated rings. The molecule has 0 saturated heterocycles. The second-order valence-corrected chi connectivity index (χ2v) is 8.41. The summed E-state index contributed by atoms with van der Waals surface area (Å²) < 4.78 is 198. The van der Waals surface area contributed by atoms with Gasteiger partial charge in [0.2, 0.25) is 0 Å². The Kier molecular flexibility index (Phi) is 6.62. The predicted molar refractivity (Wildman–Crippen MR) is 114 cm³/mol. The van der Waals surface area contributed by atoms with Gasteiger partial charge in [0, 0.05) is 28.8 Å². The van der Waals surface area contributed by atoms with Gasteiger partial charge in [-0.2, -0.15) is 8.78 Å². The number of halogens is 13. The summed E-state index contributed by atoms with van der Waals surface area (Å²) in [7, 11) is -2.88. The van der Waals surface area contributed by atoms with Gasteiger partial charge in [0.1, 0.15) is 11.5 Å². The minimum atomic E-state index is -5.15. The van der Waals surface area contributed by atoms with E-state index in [-0.39, 0.29) is 12.1 Å². The van der Waals surface area contributed by atoms with E-state index >= 15 is 13.2 Å². The van der Waals surface area contributed by atoms with Crippen LogP contribution in [0.5, 0.6) is 11.5 Å². The zero-order chi connectivity index (χ0) is 30.1. The highest BCUT2D eigenvalue weighted by Crippen LogP contribution is 2.54. The summed E-state index contributed by atoms with van der Waals surface area (Å²) in [5.74, 6) is -31.6. The standard InChI is InChI=1S/C25H6BF13O2/c27-9-3-1-7(5-11(9)29)40-26(41-8-2-4-10(28)12(30)6-8)17-15-13(18(31)22(35)21(17)34)14-16(25(15,38)39)20(33)24(37)23(36)19(14)32/h1-6H. The highest BCUT2D eigenvalue weighted by atomic mass is 19.3. The third kappa shape index (κ3) is 4.23. The third-order valence-electron chi connectivity index (χ3n) is 6.01. The zero-order valence-corrected chi connectivity index (χ0v) is 19.3. The topological polar surface area (TPSA) is 18.5 Å². The summed E-state index contributed by atoms with van der Waals surface area (Å²) in [4.78, 5) is 0. The van der Waals surface area contributed by atoms with Crippen molar-refractivity contribution in [2.75, 3.05) is 0 Å². The molecule has 4 aromatic rings. The Bertz CT molecular complexity index is 1710. The molecular formula is C25H6BF13O2. The summed E-state index contributed by atoms with van der Waals surface area (Å²) in [5.41, 5.74) is -10.3. The summed E-state index contributed by atoms with van der Waals surface area (Å²) in [6, 6.07) is 2.60. The maximum absolute atomic E-state index is 15.6. The van der Waals surface area contributed by atoms with E-state index in [1.54, 1.807) is 0 Å². The fraction of sp³-hybridized carbons (Fsp3) is 0.0400. The molecule has 0 N–H and O–H groups in total. The van der Waals surface area contributed by atoms with Crippen LogP contribution in [0.4, 0.5) is 57.1 Å². The van der Waals surface area contributed by atoms with Crippen LogP contribution in [0.2, 0.25) is 0 Å². The van der Waals surface area contributed by atoms with Gasteiger partial charge in [0.15, 0.2) is 64.0 Å². The van der Waals surface area contributed by atoms with Crippen LogP contribution in [-0.2, 0) is 5.92 Å². The second-order valence-electron chi connectivity index (χ2n) is 8.41. The Labute approximate surface area is 219 Å². The molecule has 0 spiro atoms. The first kappa shape index (κ1) is 28.2. The molecule has 0 atom stereocenters. The predicted octanol–water partition coefficient (Wildman–Crippen LogP) is 7.19. The molecule has 0 amide bonds. The molecule has 1 aliphatic rings. The molecule has 16 heteroatoms. The fourth-order valence-electron chi connectivity index (χ4n) is 4.24. The maximum atomic E-state index is 15.6. The summed E-state index contributed by atoms with van der Waals surface area (Å²) >= 11 is 0. The molecular weight excluding hydrogens is 590 g/mol. The normalized spacial score (nSPS) is 13.2. The van der Waals surface area contributed by atoms with Crippen LogP contribution in [0.3, 0.4) is 0 Å². The van der Waals surface area contributed by atoms with Crippen LogP contribution >= 0.6 is 0 Å². The van der Waals surface area contributed by atoms with Crippen molar-refractivity contribution < 1.29 is 66.4 Å². The number of hydrogen-bond acceptors (Lipinski definition) is 2. The number of benzene rings is 4. The van der Waals surface area contributed by atoms with E-state index in [9.17, 15) is 43.9 Å². The van der Waals surface area contributed by atoms with Crippen molar-refractivity contribution in [1.29, 1.82) is 0 Å². The van der Waals surface area contributed by atoms with Crippen molar-refractivity contribution in [2.45, 2.75) is 5.92 Å². The first-order valence-corrected chi connectivity index (χ1v) is 10.9. The van der Waals surface area contributed by atoms with Gasteiger partial charge in [-0.15, -0.1) is 0 Å². The van der Waals surface area contributed by atoms with Crippen molar-refractivity contribution in [3.8, 4) is 22.6 Å². The van der Waals surface area contributed by atoms with Crippen LogP contribution in [0.1, 0.15) is 11.1 Å². The van der Waals surface area contributed by atoms with Crippen LogP contribution in [0.25, 0.3) is 11.1 Å². The van der Waals surface area contributed by atoms with Gasteiger partial charge in [-0.1, -0.05) is 0 Å². The second kappa shape index (κ2) is 9.63. The molecule has 5 rings (SSSR count). The summed E-state index contributed by atoms with van der Waals surface area (Å²) in [5, 5.41) is 0. The van der Waals surface area contributed by atoms with Crippen molar-refractivity contribution in [2.24, 2.45) is 0 Å². The van der Waals surface area contributed by atoms with Crippen LogP contribution in [0.15, 0.2) is 36.4 Å². The molecule has 0 heterocycles. The quantitative estimate of drug-likeness (QED) is 0.105. The molecule has 0 bridgehead atoms. The third-order valence-corrected chi connectivity index (χ3v) is 6.01. The first-order chi connectivity index (χ1) is 19.2. The van der Waals surface area contributed by atoms with Crippen molar-refractivity contribution in [3.63, 3.8) is 0 Å². The van der Waals surface area contributed by atoms with Gasteiger partial charge in [-0.25, -0.2) is 48.3 Å². The van der Waals surface area contributed by atoms with Gasteiger partial charge >= 0.3 is 13.0 Å². The van der Waals surface area contributed by atoms with Crippen LogP contribution in [-0.4, -0.2) is 7.12 Å². The van der Waals surface area contributed by atoms with Gasteiger partial charge in [-0.05, 0) is 24.3 Å². The fourth-order valence-corrected chi connectivity index (χ4v) is 4.24. The average molecular weight is 596 g/mol. The lowest BCUT2D eigenvalue weighted by Crippen LogP contribution is -2.49. The molecule has 0 saturated carbocycles. The maximum Gasteiger partial charge on any atom is 0.636 e. The monoisotopic (exact) mass is 596 g/mol. The number of hydrogen-bond donors (Lipinski definition) is 0. The molecule has 1 aliphatic carbocycles. The SMILES string of the molecule is Fc1ccc(OB(Oc2ccc(F)c(F)c2)c2c(F)c(F)c(F)c3c2C(F)(F)c2c(F)c(F)c(F)c(F)c2-3)cc1F. The largest absolute Gasteiger partial charge is 0.636 e. The number of fused-ring (bicyclic) bond motifs is 3. The summed E-state index contributed by atoms with van der Waals surface area (Å²) in [6.45, 7) is 0. The van der Waals surface area contributed by atoms with E-state index in [0.717, 1.165) is 0 Å². The Morgan fingerprint density at radius 1 is 0.463 bits per heavy atom. The van der Waals surface area contributed by atoms with Crippen molar-refractivity contribution in [3.05, 3.63) is 112 Å². The van der Waals surface area contributed by atoms with Crippen LogP contribution in [0, 0.1) is 64.0 Å². The van der Waals surface area contributed by atoms with Crippen molar-refractivity contribution in [1.82, 2.24) is 0 Å². The number of rotatable bonds is 5. The van der Waals surface area contributed by atoms with Gasteiger partial charge in [-0.3, -0.25) is 0 Å². The molecule has 0 aromatic heterocycles. The zero-order valence-electron chi connectivity index (χ0n) is 19.3. The number of alkyl halides is 2. The lowest BCUT2D eigenvalue weighted by atomic mass is 9.72. The Morgan fingerprint density at radius 2 is 0.878 bits per heavy atom.